The van der Waals surface area contributed by atoms with E-state index in [2.05, 4.69) is 4.90 Å². The lowest BCUT2D eigenvalue weighted by Gasteiger charge is -2.25. The van der Waals surface area contributed by atoms with Gasteiger partial charge < -0.3 is 9.64 Å². The molecule has 0 aliphatic heterocycles. The summed E-state index contributed by atoms with van der Waals surface area (Å²) in [6.07, 6.45) is 0.474. The first kappa shape index (κ1) is 21.4. The van der Waals surface area contributed by atoms with E-state index in [-0.39, 0.29) is 12.6 Å². The van der Waals surface area contributed by atoms with Gasteiger partial charge in [0, 0.05) is 34.9 Å². The summed E-state index contributed by atoms with van der Waals surface area (Å²) in [6.45, 7) is 7.62. The molecule has 29 heavy (non-hydrogen) atoms. The molecule has 0 amide bonds. The summed E-state index contributed by atoms with van der Waals surface area (Å²) >= 11 is 12.7. The van der Waals surface area contributed by atoms with E-state index in [0.717, 1.165) is 35.1 Å². The number of carbonyl (C=O) groups is 1. The molecule has 0 unspecified atom stereocenters. The minimum Gasteiger partial charge on any atom is -0.462 e. The highest BCUT2D eigenvalue weighted by atomic mass is 35.5. The van der Waals surface area contributed by atoms with Crippen LogP contribution in [0.25, 0.3) is 10.9 Å². The van der Waals surface area contributed by atoms with E-state index >= 15 is 0 Å². The maximum atomic E-state index is 13.1. The van der Waals surface area contributed by atoms with Crippen molar-refractivity contribution in [3.8, 4) is 0 Å². The minimum absolute atomic E-state index is 0.287. The fourth-order valence-corrected chi connectivity index (χ4v) is 3.85. The molecule has 4 nitrogen and oxygen atoms in total. The van der Waals surface area contributed by atoms with Crippen LogP contribution >= 0.6 is 23.2 Å². The number of hydrogen-bond donors (Lipinski definition) is 0. The SMILES string of the molecule is CCOC(=O)c1c(N(CC)CC)nc2ccc(Cl)cc2c1Cc1ccccc1Cl. The number of pyridine rings is 1. The minimum atomic E-state index is -0.383. The molecular formula is C23H24Cl2N2O2. The van der Waals surface area contributed by atoms with Crippen molar-refractivity contribution in [1.29, 1.82) is 0 Å². The number of rotatable bonds is 7. The monoisotopic (exact) mass is 430 g/mol. The second-order valence-corrected chi connectivity index (χ2v) is 7.46. The van der Waals surface area contributed by atoms with Gasteiger partial charge >= 0.3 is 5.97 Å². The van der Waals surface area contributed by atoms with Gasteiger partial charge in [-0.15, -0.1) is 0 Å². The van der Waals surface area contributed by atoms with Gasteiger partial charge in [0.1, 0.15) is 11.4 Å². The first-order valence-electron chi connectivity index (χ1n) is 9.77. The number of carbonyl (C=O) groups excluding carboxylic acids is 1. The van der Waals surface area contributed by atoms with Crippen LogP contribution in [0.4, 0.5) is 5.82 Å². The molecule has 0 spiro atoms. The molecule has 1 heterocycles. The van der Waals surface area contributed by atoms with Gasteiger partial charge in [0.15, 0.2) is 0 Å². The molecular weight excluding hydrogens is 407 g/mol. The van der Waals surface area contributed by atoms with E-state index in [4.69, 9.17) is 32.9 Å². The van der Waals surface area contributed by atoms with Crippen LogP contribution in [0.15, 0.2) is 42.5 Å². The molecule has 0 N–H and O–H groups in total. The van der Waals surface area contributed by atoms with Crippen molar-refractivity contribution in [3.63, 3.8) is 0 Å². The van der Waals surface area contributed by atoms with Crippen molar-refractivity contribution in [2.45, 2.75) is 27.2 Å². The van der Waals surface area contributed by atoms with Crippen LogP contribution in [0, 0.1) is 0 Å². The Hall–Kier alpha value is -2.30. The van der Waals surface area contributed by atoms with Gasteiger partial charge in [0.25, 0.3) is 0 Å². The van der Waals surface area contributed by atoms with Crippen molar-refractivity contribution in [1.82, 2.24) is 4.98 Å². The third-order valence-corrected chi connectivity index (χ3v) is 5.51. The number of ether oxygens (including phenoxy) is 1. The fraction of sp³-hybridized carbons (Fsp3) is 0.304. The van der Waals surface area contributed by atoms with Crippen molar-refractivity contribution in [2.75, 3.05) is 24.6 Å². The quantitative estimate of drug-likeness (QED) is 0.421. The van der Waals surface area contributed by atoms with Gasteiger partial charge in [-0.05, 0) is 56.2 Å². The van der Waals surface area contributed by atoms with E-state index in [0.29, 0.717) is 27.8 Å². The highest BCUT2D eigenvalue weighted by molar-refractivity contribution is 6.32. The lowest BCUT2D eigenvalue weighted by molar-refractivity contribution is 0.0526. The molecule has 0 saturated carbocycles. The Bertz CT molecular complexity index is 1030. The molecule has 1 aromatic heterocycles. The van der Waals surface area contributed by atoms with Crippen molar-refractivity contribution in [2.24, 2.45) is 0 Å². The van der Waals surface area contributed by atoms with Crippen LogP contribution in [0.1, 0.15) is 42.3 Å². The lowest BCUT2D eigenvalue weighted by atomic mass is 9.95. The van der Waals surface area contributed by atoms with E-state index in [1.165, 1.54) is 0 Å². The number of esters is 1. The van der Waals surface area contributed by atoms with Crippen LogP contribution in [-0.4, -0.2) is 30.6 Å². The third-order valence-electron chi connectivity index (χ3n) is 4.90. The molecule has 3 rings (SSSR count). The smallest absolute Gasteiger partial charge is 0.342 e. The fourth-order valence-electron chi connectivity index (χ4n) is 3.47. The summed E-state index contributed by atoms with van der Waals surface area (Å²) < 4.78 is 5.42. The Morgan fingerprint density at radius 1 is 1.07 bits per heavy atom. The van der Waals surface area contributed by atoms with Crippen LogP contribution in [0.5, 0.6) is 0 Å². The molecule has 6 heteroatoms. The predicted octanol–water partition coefficient (Wildman–Crippen LogP) is 6.16. The molecule has 0 aliphatic rings. The molecule has 0 aliphatic carbocycles. The summed E-state index contributed by atoms with van der Waals surface area (Å²) in [4.78, 5) is 20.0. The summed E-state index contributed by atoms with van der Waals surface area (Å²) in [5.74, 6) is 0.246. The molecule has 152 valence electrons. The summed E-state index contributed by atoms with van der Waals surface area (Å²) in [5.41, 5.74) is 3.01. The molecule has 0 saturated heterocycles. The van der Waals surface area contributed by atoms with E-state index in [1.807, 2.05) is 56.3 Å². The normalized spacial score (nSPS) is 10.9. The maximum absolute atomic E-state index is 13.1. The number of nitrogens with zero attached hydrogens (tertiary/aromatic N) is 2. The number of benzene rings is 2. The zero-order chi connectivity index (χ0) is 21.0. The Morgan fingerprint density at radius 3 is 2.45 bits per heavy atom. The number of halogens is 2. The van der Waals surface area contributed by atoms with Gasteiger partial charge in [0.05, 0.1) is 12.1 Å². The average molecular weight is 431 g/mol. The van der Waals surface area contributed by atoms with Crippen LogP contribution in [0.3, 0.4) is 0 Å². The molecule has 0 bridgehead atoms. The zero-order valence-electron chi connectivity index (χ0n) is 16.8. The third kappa shape index (κ3) is 4.49. The standard InChI is InChI=1S/C23H24Cl2N2O2/c1-4-27(5-2)22-21(23(28)29-6-3)18(13-15-9-7-8-10-19(15)25)17-14-16(24)11-12-20(17)26-22/h7-12,14H,4-6,13H2,1-3H3. The number of aromatic nitrogens is 1. The highest BCUT2D eigenvalue weighted by Gasteiger charge is 2.25. The van der Waals surface area contributed by atoms with Gasteiger partial charge in [-0.3, -0.25) is 0 Å². The van der Waals surface area contributed by atoms with E-state index < -0.39 is 0 Å². The number of anilines is 1. The summed E-state index contributed by atoms with van der Waals surface area (Å²) in [6, 6.07) is 13.2. The average Bonchev–Trinajstić information content (AvgIpc) is 2.71. The Morgan fingerprint density at radius 2 is 1.79 bits per heavy atom. The van der Waals surface area contributed by atoms with Crippen LogP contribution in [-0.2, 0) is 11.2 Å². The molecule has 3 aromatic rings. The second-order valence-electron chi connectivity index (χ2n) is 6.61. The van der Waals surface area contributed by atoms with Crippen LogP contribution < -0.4 is 4.90 Å². The van der Waals surface area contributed by atoms with E-state index in [9.17, 15) is 4.79 Å². The van der Waals surface area contributed by atoms with Gasteiger partial charge in [0.2, 0.25) is 0 Å². The Balaban J connectivity index is 2.36. The maximum Gasteiger partial charge on any atom is 0.342 e. The summed E-state index contributed by atoms with van der Waals surface area (Å²) in [7, 11) is 0. The first-order valence-corrected chi connectivity index (χ1v) is 10.5. The zero-order valence-corrected chi connectivity index (χ0v) is 18.3. The molecule has 0 atom stereocenters. The van der Waals surface area contributed by atoms with Crippen LogP contribution in [0.2, 0.25) is 10.0 Å². The molecule has 0 fully saturated rings. The van der Waals surface area contributed by atoms with Crippen molar-refractivity contribution < 1.29 is 9.53 Å². The lowest BCUT2D eigenvalue weighted by Crippen LogP contribution is -2.27. The number of fused-ring (bicyclic) bond motifs is 1. The van der Waals surface area contributed by atoms with E-state index in [1.54, 1.807) is 6.92 Å². The Kier molecular flexibility index (Phi) is 6.99. The molecule has 2 aromatic carbocycles. The highest BCUT2D eigenvalue weighted by Crippen LogP contribution is 2.34. The van der Waals surface area contributed by atoms with Gasteiger partial charge in [-0.25, -0.2) is 9.78 Å². The van der Waals surface area contributed by atoms with Crippen molar-refractivity contribution >= 4 is 45.9 Å². The topological polar surface area (TPSA) is 42.4 Å². The Labute approximate surface area is 181 Å². The number of hydrogen-bond acceptors (Lipinski definition) is 4. The van der Waals surface area contributed by atoms with Gasteiger partial charge in [-0.1, -0.05) is 41.4 Å². The molecule has 0 radical (unpaired) electrons. The first-order chi connectivity index (χ1) is 14.0. The van der Waals surface area contributed by atoms with Crippen molar-refractivity contribution in [3.05, 3.63) is 69.2 Å². The second kappa shape index (κ2) is 9.47. The predicted molar refractivity (Wildman–Crippen MR) is 121 cm³/mol. The largest absolute Gasteiger partial charge is 0.462 e. The van der Waals surface area contributed by atoms with Gasteiger partial charge in [-0.2, -0.15) is 0 Å². The summed E-state index contributed by atoms with van der Waals surface area (Å²) in [5, 5.41) is 2.07.